The maximum absolute atomic E-state index is 13.8. The van der Waals surface area contributed by atoms with Crippen LogP contribution in [0.4, 0.5) is 10.1 Å². The first-order valence-electron chi connectivity index (χ1n) is 7.21. The smallest absolute Gasteiger partial charge is 0.241 e. The molecule has 0 aliphatic carbocycles. The summed E-state index contributed by atoms with van der Waals surface area (Å²) in [6, 6.07) is 4.08. The number of benzene rings is 1. The Bertz CT molecular complexity index is 518. The van der Waals surface area contributed by atoms with E-state index in [2.05, 4.69) is 5.32 Å². The molecule has 1 aromatic rings. The molecule has 3 N–H and O–H groups in total. The first-order valence-corrected chi connectivity index (χ1v) is 7.21. The predicted octanol–water partition coefficient (Wildman–Crippen LogP) is 1.38. The van der Waals surface area contributed by atoms with Gasteiger partial charge in [0.05, 0.1) is 24.9 Å². The third-order valence-corrected chi connectivity index (χ3v) is 3.82. The Morgan fingerprint density at radius 2 is 2.00 bits per heavy atom. The molecular weight excluding hydrogens is 287 g/mol. The summed E-state index contributed by atoms with van der Waals surface area (Å²) in [6.45, 7) is 5.16. The molecule has 1 rings (SSSR count). The molecule has 6 heteroatoms. The number of rotatable bonds is 7. The lowest BCUT2D eigenvalue weighted by Crippen LogP contribution is -2.47. The molecule has 0 heterocycles. The zero-order valence-electron chi connectivity index (χ0n) is 13.6. The number of nitrogens with zero attached hydrogens (tertiary/aromatic N) is 1. The van der Waals surface area contributed by atoms with Gasteiger partial charge in [-0.2, -0.15) is 0 Å². The monoisotopic (exact) mass is 312 g/mol. The number of likely N-dealkylation sites (N-methyl/N-ethyl adjacent to an activating group) is 1. The van der Waals surface area contributed by atoms with Crippen molar-refractivity contribution >= 4 is 11.6 Å². The average molecular weight is 312 g/mol. The second-order valence-electron chi connectivity index (χ2n) is 6.19. The largest absolute Gasteiger partial charge is 0.396 e. The standard InChI is InChI=1S/C16H25FN2O3/c1-11-5-6-14(13(17)7-11)18-15(22)12(2)19(4)8-16(3,9-20)10-21/h5-7,12,20-21H,8-10H2,1-4H3,(H,18,22). The van der Waals surface area contributed by atoms with Crippen molar-refractivity contribution in [3.05, 3.63) is 29.6 Å². The zero-order chi connectivity index (χ0) is 16.9. The van der Waals surface area contributed by atoms with Crippen LogP contribution in [0.5, 0.6) is 0 Å². The van der Waals surface area contributed by atoms with E-state index in [1.807, 2.05) is 0 Å². The zero-order valence-corrected chi connectivity index (χ0v) is 13.6. The molecule has 124 valence electrons. The van der Waals surface area contributed by atoms with Crippen LogP contribution in [0, 0.1) is 18.2 Å². The van der Waals surface area contributed by atoms with Crippen molar-refractivity contribution in [2.24, 2.45) is 5.41 Å². The molecule has 1 atom stereocenters. The first-order chi connectivity index (χ1) is 10.2. The van der Waals surface area contributed by atoms with E-state index in [0.29, 0.717) is 6.54 Å². The van der Waals surface area contributed by atoms with Gasteiger partial charge in [0.1, 0.15) is 5.82 Å². The highest BCUT2D eigenvalue weighted by Gasteiger charge is 2.28. The van der Waals surface area contributed by atoms with Crippen LogP contribution in [0.1, 0.15) is 19.4 Å². The van der Waals surface area contributed by atoms with Crippen molar-refractivity contribution in [1.29, 1.82) is 0 Å². The summed E-state index contributed by atoms with van der Waals surface area (Å²) in [7, 11) is 1.72. The molecule has 0 saturated heterocycles. The Balaban J connectivity index is 2.72. The van der Waals surface area contributed by atoms with Gasteiger partial charge in [-0.05, 0) is 38.6 Å². The van der Waals surface area contributed by atoms with Gasteiger partial charge in [-0.25, -0.2) is 4.39 Å². The number of amides is 1. The molecule has 1 aromatic carbocycles. The molecule has 0 aromatic heterocycles. The molecule has 0 spiro atoms. The number of aliphatic hydroxyl groups excluding tert-OH is 2. The molecule has 1 amide bonds. The molecule has 0 bridgehead atoms. The van der Waals surface area contributed by atoms with Gasteiger partial charge in [0, 0.05) is 12.0 Å². The van der Waals surface area contributed by atoms with Crippen molar-refractivity contribution in [3.63, 3.8) is 0 Å². The number of carbonyl (C=O) groups excluding carboxylic acids is 1. The highest BCUT2D eigenvalue weighted by molar-refractivity contribution is 5.94. The van der Waals surface area contributed by atoms with Gasteiger partial charge in [0.25, 0.3) is 0 Å². The summed E-state index contributed by atoms with van der Waals surface area (Å²) in [5.74, 6) is -0.817. The van der Waals surface area contributed by atoms with E-state index < -0.39 is 17.3 Å². The van der Waals surface area contributed by atoms with Gasteiger partial charge in [-0.1, -0.05) is 13.0 Å². The normalized spacial score (nSPS) is 13.3. The van der Waals surface area contributed by atoms with Gasteiger partial charge in [-0.15, -0.1) is 0 Å². The SMILES string of the molecule is Cc1ccc(NC(=O)C(C)N(C)CC(C)(CO)CO)c(F)c1. The van der Waals surface area contributed by atoms with Gasteiger partial charge < -0.3 is 15.5 Å². The minimum Gasteiger partial charge on any atom is -0.396 e. The maximum atomic E-state index is 13.8. The third kappa shape index (κ3) is 4.76. The summed E-state index contributed by atoms with van der Waals surface area (Å²) in [4.78, 5) is 13.9. The van der Waals surface area contributed by atoms with Crippen LogP contribution >= 0.6 is 0 Å². The lowest BCUT2D eigenvalue weighted by Gasteiger charge is -2.33. The average Bonchev–Trinajstić information content (AvgIpc) is 2.48. The molecule has 22 heavy (non-hydrogen) atoms. The second kappa shape index (κ2) is 7.67. The highest BCUT2D eigenvalue weighted by atomic mass is 19.1. The number of nitrogens with one attached hydrogen (secondary N) is 1. The summed E-state index contributed by atoms with van der Waals surface area (Å²) < 4.78 is 13.8. The molecule has 0 saturated carbocycles. The van der Waals surface area contributed by atoms with Crippen LogP contribution in [0.25, 0.3) is 0 Å². The number of carbonyl (C=O) groups is 1. The highest BCUT2D eigenvalue weighted by Crippen LogP contribution is 2.19. The second-order valence-corrected chi connectivity index (χ2v) is 6.19. The van der Waals surface area contributed by atoms with Crippen molar-refractivity contribution in [1.82, 2.24) is 4.90 Å². The Hall–Kier alpha value is -1.50. The predicted molar refractivity (Wildman–Crippen MR) is 84.1 cm³/mol. The van der Waals surface area contributed by atoms with Gasteiger partial charge in [0.15, 0.2) is 0 Å². The minimum atomic E-state index is -0.696. The van der Waals surface area contributed by atoms with E-state index in [1.165, 1.54) is 12.1 Å². The lowest BCUT2D eigenvalue weighted by molar-refractivity contribution is -0.121. The van der Waals surface area contributed by atoms with E-state index in [4.69, 9.17) is 0 Å². The van der Waals surface area contributed by atoms with E-state index >= 15 is 0 Å². The number of aryl methyl sites for hydroxylation is 1. The van der Waals surface area contributed by atoms with Gasteiger partial charge >= 0.3 is 0 Å². The van der Waals surface area contributed by atoms with E-state index in [9.17, 15) is 19.4 Å². The number of halogens is 1. The number of hydrogen-bond donors (Lipinski definition) is 3. The molecule has 5 nitrogen and oxygen atoms in total. The van der Waals surface area contributed by atoms with Crippen molar-refractivity contribution in [3.8, 4) is 0 Å². The molecule has 0 radical (unpaired) electrons. The molecule has 1 unspecified atom stereocenters. The van der Waals surface area contributed by atoms with Crippen LogP contribution < -0.4 is 5.32 Å². The van der Waals surface area contributed by atoms with Gasteiger partial charge in [-0.3, -0.25) is 9.69 Å². The Kier molecular flexibility index (Phi) is 6.47. The fraction of sp³-hybridized carbons (Fsp3) is 0.562. The maximum Gasteiger partial charge on any atom is 0.241 e. The first kappa shape index (κ1) is 18.5. The summed E-state index contributed by atoms with van der Waals surface area (Å²) in [6.07, 6.45) is 0. The summed E-state index contributed by atoms with van der Waals surface area (Å²) in [5, 5.41) is 21.2. The van der Waals surface area contributed by atoms with E-state index in [1.54, 1.807) is 38.8 Å². The van der Waals surface area contributed by atoms with Crippen LogP contribution in [0.15, 0.2) is 18.2 Å². The summed E-state index contributed by atoms with van der Waals surface area (Å²) in [5.41, 5.74) is 0.225. The quantitative estimate of drug-likeness (QED) is 0.711. The Labute approximate surface area is 130 Å². The number of aliphatic hydroxyl groups is 2. The van der Waals surface area contributed by atoms with Crippen LogP contribution in [-0.4, -0.2) is 53.9 Å². The van der Waals surface area contributed by atoms with E-state index in [-0.39, 0.29) is 24.8 Å². The van der Waals surface area contributed by atoms with Crippen LogP contribution in [0.3, 0.4) is 0 Å². The number of hydrogen-bond acceptors (Lipinski definition) is 4. The van der Waals surface area contributed by atoms with Crippen LogP contribution in [-0.2, 0) is 4.79 Å². The fourth-order valence-electron chi connectivity index (χ4n) is 2.05. The van der Waals surface area contributed by atoms with Crippen molar-refractivity contribution < 1.29 is 19.4 Å². The minimum absolute atomic E-state index is 0.142. The Morgan fingerprint density at radius 3 is 2.50 bits per heavy atom. The molecule has 0 aliphatic heterocycles. The number of anilines is 1. The molecule has 0 fully saturated rings. The molecular formula is C16H25FN2O3. The Morgan fingerprint density at radius 1 is 1.41 bits per heavy atom. The topological polar surface area (TPSA) is 72.8 Å². The molecule has 0 aliphatic rings. The van der Waals surface area contributed by atoms with Crippen LogP contribution in [0.2, 0.25) is 0 Å². The fourth-order valence-corrected chi connectivity index (χ4v) is 2.05. The van der Waals surface area contributed by atoms with Crippen molar-refractivity contribution in [2.45, 2.75) is 26.8 Å². The third-order valence-electron chi connectivity index (χ3n) is 3.82. The summed E-state index contributed by atoms with van der Waals surface area (Å²) >= 11 is 0. The van der Waals surface area contributed by atoms with Gasteiger partial charge in [0.2, 0.25) is 5.91 Å². The van der Waals surface area contributed by atoms with Crippen molar-refractivity contribution in [2.75, 3.05) is 32.1 Å². The van der Waals surface area contributed by atoms with E-state index in [0.717, 1.165) is 5.56 Å². The lowest BCUT2D eigenvalue weighted by atomic mass is 9.92.